The molecule has 0 radical (unpaired) electrons. The fourth-order valence-corrected chi connectivity index (χ4v) is 2.33. The van der Waals surface area contributed by atoms with Crippen LogP contribution in [0.1, 0.15) is 66.7 Å². The predicted molar refractivity (Wildman–Crippen MR) is 83.2 cm³/mol. The fraction of sp³-hybridized carbons (Fsp3) is 0.938. The Hall–Kier alpha value is -0.590. The zero-order chi connectivity index (χ0) is 14.7. The molecule has 0 aliphatic rings. The van der Waals surface area contributed by atoms with E-state index >= 15 is 0 Å². The van der Waals surface area contributed by atoms with Crippen LogP contribution in [0.5, 0.6) is 0 Å². The second-order valence-corrected chi connectivity index (χ2v) is 5.71. The molecule has 3 nitrogen and oxygen atoms in total. The molecule has 0 saturated carbocycles. The van der Waals surface area contributed by atoms with Crippen LogP contribution in [0.15, 0.2) is 0 Å². The quantitative estimate of drug-likeness (QED) is 0.582. The molecule has 0 fully saturated rings. The molecule has 1 N–H and O–H groups in total. The molecule has 0 aromatic rings. The maximum atomic E-state index is 9.27. The van der Waals surface area contributed by atoms with Crippen molar-refractivity contribution < 1.29 is 0 Å². The van der Waals surface area contributed by atoms with E-state index in [0.717, 1.165) is 38.9 Å². The Labute approximate surface area is 120 Å². The lowest BCUT2D eigenvalue weighted by molar-refractivity contribution is 0.208. The van der Waals surface area contributed by atoms with Gasteiger partial charge in [0.25, 0.3) is 0 Å². The van der Waals surface area contributed by atoms with Crippen LogP contribution >= 0.6 is 0 Å². The summed E-state index contributed by atoms with van der Waals surface area (Å²) in [5.74, 6) is 0. The minimum Gasteiger partial charge on any atom is -0.301 e. The summed E-state index contributed by atoms with van der Waals surface area (Å²) in [5, 5.41) is 12.6. The molecule has 0 amide bonds. The highest BCUT2D eigenvalue weighted by molar-refractivity contribution is 5.03. The SMILES string of the molecule is CCCNC(C)(C#N)CCCCN(CC)C(C)CC. The maximum absolute atomic E-state index is 9.27. The van der Waals surface area contributed by atoms with E-state index in [1.165, 1.54) is 12.8 Å². The second-order valence-electron chi connectivity index (χ2n) is 5.71. The zero-order valence-electron chi connectivity index (χ0n) is 13.6. The van der Waals surface area contributed by atoms with Crippen LogP contribution in [0.3, 0.4) is 0 Å². The van der Waals surface area contributed by atoms with Gasteiger partial charge < -0.3 is 4.90 Å². The number of rotatable bonds is 11. The van der Waals surface area contributed by atoms with Crippen LogP contribution in [0, 0.1) is 11.3 Å². The third-order valence-corrected chi connectivity index (χ3v) is 4.00. The van der Waals surface area contributed by atoms with Gasteiger partial charge in [0.2, 0.25) is 0 Å². The van der Waals surface area contributed by atoms with Crippen molar-refractivity contribution in [3.05, 3.63) is 0 Å². The summed E-state index contributed by atoms with van der Waals surface area (Å²) in [5.41, 5.74) is -0.344. The summed E-state index contributed by atoms with van der Waals surface area (Å²) >= 11 is 0. The molecule has 0 bridgehead atoms. The highest BCUT2D eigenvalue weighted by Crippen LogP contribution is 2.14. The van der Waals surface area contributed by atoms with Gasteiger partial charge >= 0.3 is 0 Å². The Kier molecular flexibility index (Phi) is 9.91. The summed E-state index contributed by atoms with van der Waals surface area (Å²) in [6.07, 6.45) is 5.54. The van der Waals surface area contributed by atoms with Crippen LogP contribution in [-0.2, 0) is 0 Å². The number of nitriles is 1. The van der Waals surface area contributed by atoms with Crippen molar-refractivity contribution in [2.75, 3.05) is 19.6 Å². The number of nitrogens with one attached hydrogen (secondary N) is 1. The molecule has 0 saturated heterocycles. The van der Waals surface area contributed by atoms with Gasteiger partial charge in [-0.2, -0.15) is 5.26 Å². The summed E-state index contributed by atoms with van der Waals surface area (Å²) < 4.78 is 0. The van der Waals surface area contributed by atoms with Gasteiger partial charge in [-0.3, -0.25) is 5.32 Å². The summed E-state index contributed by atoms with van der Waals surface area (Å²) in [6.45, 7) is 14.1. The third kappa shape index (κ3) is 7.54. The molecular weight excluding hydrogens is 234 g/mol. The highest BCUT2D eigenvalue weighted by Gasteiger charge is 2.21. The van der Waals surface area contributed by atoms with Gasteiger partial charge in [0.05, 0.1) is 6.07 Å². The molecule has 2 unspecified atom stereocenters. The smallest absolute Gasteiger partial charge is 0.103 e. The van der Waals surface area contributed by atoms with Gasteiger partial charge in [-0.05, 0) is 65.6 Å². The predicted octanol–water partition coefficient (Wildman–Crippen LogP) is 3.56. The topological polar surface area (TPSA) is 39.1 Å². The molecule has 0 rings (SSSR count). The average Bonchev–Trinajstić information content (AvgIpc) is 2.44. The molecule has 2 atom stereocenters. The van der Waals surface area contributed by atoms with Gasteiger partial charge in [0.1, 0.15) is 5.54 Å². The third-order valence-electron chi connectivity index (χ3n) is 4.00. The Morgan fingerprint density at radius 1 is 1.26 bits per heavy atom. The number of nitrogens with zero attached hydrogens (tertiary/aromatic N) is 2. The first kappa shape index (κ1) is 18.4. The molecule has 0 aromatic heterocycles. The standard InChI is InChI=1S/C16H33N3/c1-6-12-18-16(5,14-17)11-9-10-13-19(8-3)15(4)7-2/h15,18H,6-13H2,1-5H3. The van der Waals surface area contributed by atoms with Crippen molar-refractivity contribution in [3.63, 3.8) is 0 Å². The van der Waals surface area contributed by atoms with Crippen molar-refractivity contribution in [2.45, 2.75) is 78.3 Å². The highest BCUT2D eigenvalue weighted by atomic mass is 15.1. The Bertz CT molecular complexity index is 259. The lowest BCUT2D eigenvalue weighted by Gasteiger charge is -2.28. The zero-order valence-corrected chi connectivity index (χ0v) is 13.6. The van der Waals surface area contributed by atoms with Crippen molar-refractivity contribution >= 4 is 0 Å². The maximum Gasteiger partial charge on any atom is 0.103 e. The molecule has 0 aromatic carbocycles. The Morgan fingerprint density at radius 3 is 2.42 bits per heavy atom. The van der Waals surface area contributed by atoms with E-state index in [-0.39, 0.29) is 5.54 Å². The van der Waals surface area contributed by atoms with Crippen LogP contribution < -0.4 is 5.32 Å². The van der Waals surface area contributed by atoms with E-state index in [2.05, 4.69) is 44.0 Å². The van der Waals surface area contributed by atoms with E-state index < -0.39 is 0 Å². The molecule has 19 heavy (non-hydrogen) atoms. The molecule has 0 aliphatic carbocycles. The van der Waals surface area contributed by atoms with Gasteiger partial charge in [-0.25, -0.2) is 0 Å². The molecule has 3 heteroatoms. The van der Waals surface area contributed by atoms with Crippen LogP contribution in [0.4, 0.5) is 0 Å². The van der Waals surface area contributed by atoms with Crippen molar-refractivity contribution in [2.24, 2.45) is 0 Å². The first-order valence-corrected chi connectivity index (χ1v) is 7.93. The molecule has 112 valence electrons. The minimum absolute atomic E-state index is 0.344. The van der Waals surface area contributed by atoms with Gasteiger partial charge in [0.15, 0.2) is 0 Å². The largest absolute Gasteiger partial charge is 0.301 e. The van der Waals surface area contributed by atoms with E-state index in [1.54, 1.807) is 0 Å². The lowest BCUT2D eigenvalue weighted by atomic mass is 9.96. The Balaban J connectivity index is 3.97. The minimum atomic E-state index is -0.344. The van der Waals surface area contributed by atoms with Gasteiger partial charge in [-0.15, -0.1) is 0 Å². The first-order valence-electron chi connectivity index (χ1n) is 7.93. The fourth-order valence-electron chi connectivity index (χ4n) is 2.33. The molecule has 0 heterocycles. The van der Waals surface area contributed by atoms with Crippen molar-refractivity contribution in [1.29, 1.82) is 5.26 Å². The number of unbranched alkanes of at least 4 members (excludes halogenated alkanes) is 1. The first-order chi connectivity index (χ1) is 9.02. The van der Waals surface area contributed by atoms with Crippen molar-refractivity contribution in [1.82, 2.24) is 10.2 Å². The summed E-state index contributed by atoms with van der Waals surface area (Å²) in [6, 6.07) is 3.10. The van der Waals surface area contributed by atoms with Crippen LogP contribution in [0.25, 0.3) is 0 Å². The van der Waals surface area contributed by atoms with E-state index in [1.807, 2.05) is 6.92 Å². The normalized spacial score (nSPS) is 16.1. The number of hydrogen-bond donors (Lipinski definition) is 1. The van der Waals surface area contributed by atoms with Gasteiger partial charge in [-0.1, -0.05) is 20.8 Å². The Morgan fingerprint density at radius 2 is 1.95 bits per heavy atom. The molecule has 0 spiro atoms. The van der Waals surface area contributed by atoms with E-state index in [4.69, 9.17) is 0 Å². The molecular formula is C16H33N3. The van der Waals surface area contributed by atoms with E-state index in [0.29, 0.717) is 6.04 Å². The number of hydrogen-bond acceptors (Lipinski definition) is 3. The van der Waals surface area contributed by atoms with Crippen LogP contribution in [0.2, 0.25) is 0 Å². The average molecular weight is 267 g/mol. The van der Waals surface area contributed by atoms with Crippen LogP contribution in [-0.4, -0.2) is 36.1 Å². The van der Waals surface area contributed by atoms with Crippen molar-refractivity contribution in [3.8, 4) is 6.07 Å². The summed E-state index contributed by atoms with van der Waals surface area (Å²) in [7, 11) is 0. The van der Waals surface area contributed by atoms with Gasteiger partial charge in [0, 0.05) is 6.04 Å². The van der Waals surface area contributed by atoms with E-state index in [9.17, 15) is 5.26 Å². The lowest BCUT2D eigenvalue weighted by Crippen LogP contribution is -2.41. The summed E-state index contributed by atoms with van der Waals surface area (Å²) in [4.78, 5) is 2.53. The monoisotopic (exact) mass is 267 g/mol. The second kappa shape index (κ2) is 10.2. The molecule has 0 aliphatic heterocycles.